The van der Waals surface area contributed by atoms with Crippen LogP contribution in [0.3, 0.4) is 0 Å². The predicted molar refractivity (Wildman–Crippen MR) is 199 cm³/mol. The molecule has 2 amide bonds. The van der Waals surface area contributed by atoms with Gasteiger partial charge in [0.1, 0.15) is 12.1 Å². The highest BCUT2D eigenvalue weighted by Gasteiger charge is 2.18. The Morgan fingerprint density at radius 1 is 0.673 bits per heavy atom. The molecule has 274 valence electrons. The summed E-state index contributed by atoms with van der Waals surface area (Å²) in [4.78, 5) is 47.2. The highest BCUT2D eigenvalue weighted by molar-refractivity contribution is 5.87. The van der Waals surface area contributed by atoms with E-state index >= 15 is 0 Å². The van der Waals surface area contributed by atoms with E-state index in [1.165, 1.54) is 12.8 Å². The van der Waals surface area contributed by atoms with Crippen molar-refractivity contribution < 1.29 is 34.1 Å². The number of aliphatic carboxylic acids is 1. The first-order chi connectivity index (χ1) is 23.8. The Kier molecular flexibility index (Phi) is 31.1. The van der Waals surface area contributed by atoms with Crippen molar-refractivity contribution in [1.29, 1.82) is 0 Å². The molecule has 0 radical (unpaired) electrons. The van der Waals surface area contributed by atoms with Crippen molar-refractivity contribution in [2.45, 2.75) is 129 Å². The largest absolute Gasteiger partial charge is 0.480 e. The van der Waals surface area contributed by atoms with Crippen LogP contribution < -0.4 is 10.6 Å². The molecule has 0 rings (SSSR count). The van der Waals surface area contributed by atoms with Crippen molar-refractivity contribution in [2.75, 3.05) is 13.2 Å². The molecule has 9 nitrogen and oxygen atoms in total. The highest BCUT2D eigenvalue weighted by Crippen LogP contribution is 2.13. The van der Waals surface area contributed by atoms with E-state index in [0.29, 0.717) is 12.8 Å². The lowest BCUT2D eigenvalue weighted by Gasteiger charge is -2.14. The van der Waals surface area contributed by atoms with Gasteiger partial charge in [0.15, 0.2) is 0 Å². The molecule has 49 heavy (non-hydrogen) atoms. The monoisotopic (exact) mass is 682 g/mol. The molecule has 0 heterocycles. The number of aliphatic hydroxyl groups is 1. The number of carbonyl (C=O) groups excluding carboxylic acids is 3. The van der Waals surface area contributed by atoms with E-state index in [0.717, 1.165) is 64.2 Å². The van der Waals surface area contributed by atoms with Gasteiger partial charge in [-0.3, -0.25) is 14.4 Å². The van der Waals surface area contributed by atoms with Crippen molar-refractivity contribution in [2.24, 2.45) is 0 Å². The second-order valence-corrected chi connectivity index (χ2v) is 11.6. The average molecular weight is 683 g/mol. The van der Waals surface area contributed by atoms with Gasteiger partial charge in [-0.05, 0) is 70.3 Å². The number of nitrogens with one attached hydrogen (secondary N) is 2. The maximum atomic E-state index is 12.6. The van der Waals surface area contributed by atoms with E-state index in [4.69, 9.17) is 14.9 Å². The fourth-order valence-electron chi connectivity index (χ4n) is 4.37. The Bertz CT molecular complexity index is 1100. The molecule has 0 aliphatic carbocycles. The van der Waals surface area contributed by atoms with Gasteiger partial charge in [-0.1, -0.05) is 119 Å². The number of carboxylic acid groups (broad SMARTS) is 1. The normalized spacial score (nSPS) is 13.5. The molecule has 0 aromatic rings. The number of hydrogen-bond donors (Lipinski definition) is 4. The molecule has 0 fully saturated rings. The van der Waals surface area contributed by atoms with Crippen LogP contribution in [-0.2, 0) is 23.9 Å². The van der Waals surface area contributed by atoms with Crippen LogP contribution in [0.2, 0.25) is 0 Å². The smallest absolute Gasteiger partial charge is 0.328 e. The number of unbranched alkanes of at least 4 members (excludes halogenated alkanes) is 5. The number of carbonyl (C=O) groups is 4. The molecular formula is C40H62N2O7. The first kappa shape index (κ1) is 45.0. The first-order valence-electron chi connectivity index (χ1n) is 18.0. The van der Waals surface area contributed by atoms with Gasteiger partial charge in [0.05, 0.1) is 19.6 Å². The molecule has 2 unspecified atom stereocenters. The Morgan fingerprint density at radius 3 is 1.84 bits per heavy atom. The summed E-state index contributed by atoms with van der Waals surface area (Å²) in [5.74, 6) is -2.59. The standard InChI is InChI=1S/C40H62N2O7/c1-3-5-7-9-11-12-13-14-15-16-17-18-20-22-28-32-39(46)49-35(29-25-21-19-10-8-6-4-2)30-26-23-24-27-31-37(44)41-33-38(45)42-36(34-43)40(47)48/h5,7,10-12,14-15,17-19,22,25,28-29,35-36,43H,3-4,6,8-9,13,16,20-21,23-24,26-27,30-34H2,1-2H3,(H,41,44)(H,42,45)(H,47,48)/b7-5-,12-11-,15-14-,18-17-,19-10-,28-22-,29-25-. The van der Waals surface area contributed by atoms with Crippen molar-refractivity contribution in [3.05, 3.63) is 85.1 Å². The van der Waals surface area contributed by atoms with Crippen molar-refractivity contribution >= 4 is 23.8 Å². The Hall–Kier alpha value is -3.98. The van der Waals surface area contributed by atoms with Gasteiger partial charge in [0.2, 0.25) is 11.8 Å². The predicted octanol–water partition coefficient (Wildman–Crippen LogP) is 7.75. The van der Waals surface area contributed by atoms with Gasteiger partial charge < -0.3 is 25.6 Å². The summed E-state index contributed by atoms with van der Waals surface area (Å²) in [6.45, 7) is 3.22. The lowest BCUT2D eigenvalue weighted by Crippen LogP contribution is -2.47. The molecule has 2 atom stereocenters. The molecule has 0 saturated carbocycles. The first-order valence-corrected chi connectivity index (χ1v) is 18.0. The van der Waals surface area contributed by atoms with Crippen LogP contribution in [0.25, 0.3) is 0 Å². The summed E-state index contributed by atoms with van der Waals surface area (Å²) in [5.41, 5.74) is 0. The van der Waals surface area contributed by atoms with Gasteiger partial charge in [0.25, 0.3) is 0 Å². The summed E-state index contributed by atoms with van der Waals surface area (Å²) in [6, 6.07) is -1.40. The molecule has 0 aromatic heterocycles. The number of amides is 2. The SMILES string of the molecule is CC/C=C\C/C=C\C/C=C\C/C=C\C/C=C\CC(=O)OC(/C=C\C/C=C\CCCC)CCCCCCC(=O)NCC(=O)NC(CO)C(=O)O. The van der Waals surface area contributed by atoms with E-state index in [9.17, 15) is 19.2 Å². The minimum Gasteiger partial charge on any atom is -0.480 e. The average Bonchev–Trinajstić information content (AvgIpc) is 3.08. The summed E-state index contributed by atoms with van der Waals surface area (Å²) in [6.07, 6.45) is 42.2. The number of allylic oxidation sites excluding steroid dienone is 12. The van der Waals surface area contributed by atoms with Crippen LogP contribution in [0.1, 0.15) is 117 Å². The number of rotatable bonds is 30. The Labute approximate surface area is 295 Å². The number of hydrogen-bond acceptors (Lipinski definition) is 6. The quantitative estimate of drug-likeness (QED) is 0.0345. The second kappa shape index (κ2) is 33.9. The topological polar surface area (TPSA) is 142 Å². The Morgan fingerprint density at radius 2 is 1.24 bits per heavy atom. The Balaban J connectivity index is 4.48. The summed E-state index contributed by atoms with van der Waals surface area (Å²) in [5, 5.41) is 22.4. The highest BCUT2D eigenvalue weighted by atomic mass is 16.5. The number of esters is 1. The van der Waals surface area contributed by atoms with E-state index < -0.39 is 24.5 Å². The van der Waals surface area contributed by atoms with E-state index in [2.05, 4.69) is 85.2 Å². The van der Waals surface area contributed by atoms with E-state index in [1.807, 2.05) is 24.3 Å². The number of aliphatic hydroxyl groups excluding tert-OH is 1. The molecule has 0 aliphatic rings. The van der Waals surface area contributed by atoms with Gasteiger partial charge in [-0.25, -0.2) is 4.79 Å². The molecular weight excluding hydrogens is 620 g/mol. The van der Waals surface area contributed by atoms with Crippen molar-refractivity contribution in [3.63, 3.8) is 0 Å². The van der Waals surface area contributed by atoms with Crippen LogP contribution in [0.15, 0.2) is 85.1 Å². The third-order valence-electron chi connectivity index (χ3n) is 7.14. The van der Waals surface area contributed by atoms with Gasteiger partial charge in [-0.15, -0.1) is 0 Å². The minimum absolute atomic E-state index is 0.221. The third kappa shape index (κ3) is 31.1. The van der Waals surface area contributed by atoms with Crippen molar-refractivity contribution in [1.82, 2.24) is 10.6 Å². The zero-order chi connectivity index (χ0) is 36.2. The molecule has 0 saturated heterocycles. The van der Waals surface area contributed by atoms with Crippen LogP contribution >= 0.6 is 0 Å². The zero-order valence-corrected chi connectivity index (χ0v) is 29.9. The van der Waals surface area contributed by atoms with Crippen LogP contribution in [-0.4, -0.2) is 59.3 Å². The van der Waals surface area contributed by atoms with Crippen LogP contribution in [0, 0.1) is 0 Å². The number of ether oxygens (including phenoxy) is 1. The summed E-state index contributed by atoms with van der Waals surface area (Å²) in [7, 11) is 0. The van der Waals surface area contributed by atoms with E-state index in [-0.39, 0.29) is 37.4 Å². The van der Waals surface area contributed by atoms with Gasteiger partial charge in [0, 0.05) is 6.42 Å². The molecule has 0 aromatic carbocycles. The van der Waals surface area contributed by atoms with Gasteiger partial charge >= 0.3 is 11.9 Å². The summed E-state index contributed by atoms with van der Waals surface area (Å²) >= 11 is 0. The van der Waals surface area contributed by atoms with Crippen LogP contribution in [0.5, 0.6) is 0 Å². The molecule has 9 heteroatoms. The molecule has 0 aliphatic heterocycles. The molecule has 0 bridgehead atoms. The fraction of sp³-hybridized carbons (Fsp3) is 0.550. The molecule has 0 spiro atoms. The van der Waals surface area contributed by atoms with E-state index in [1.54, 1.807) is 0 Å². The molecule has 4 N–H and O–H groups in total. The minimum atomic E-state index is -1.40. The van der Waals surface area contributed by atoms with Gasteiger partial charge in [-0.2, -0.15) is 0 Å². The summed E-state index contributed by atoms with van der Waals surface area (Å²) < 4.78 is 5.77. The third-order valence-corrected chi connectivity index (χ3v) is 7.14. The van der Waals surface area contributed by atoms with Crippen LogP contribution in [0.4, 0.5) is 0 Å². The fourth-order valence-corrected chi connectivity index (χ4v) is 4.37. The lowest BCUT2D eigenvalue weighted by molar-refractivity contribution is -0.146. The lowest BCUT2D eigenvalue weighted by atomic mass is 10.1. The maximum Gasteiger partial charge on any atom is 0.328 e. The zero-order valence-electron chi connectivity index (χ0n) is 29.9. The maximum absolute atomic E-state index is 12.6. The number of carboxylic acids is 1. The van der Waals surface area contributed by atoms with Crippen molar-refractivity contribution in [3.8, 4) is 0 Å². The second-order valence-electron chi connectivity index (χ2n) is 11.6.